The Morgan fingerprint density at radius 1 is 1.04 bits per heavy atom. The molecule has 0 unspecified atom stereocenters. The van der Waals surface area contributed by atoms with Crippen LogP contribution in [0.2, 0.25) is 10.0 Å². The molecule has 3 aliphatic heterocycles. The van der Waals surface area contributed by atoms with Crippen molar-refractivity contribution in [2.45, 2.75) is 57.3 Å². The highest BCUT2D eigenvalue weighted by atomic mass is 35.5. The Morgan fingerprint density at radius 3 is 2.39 bits per heavy atom. The lowest BCUT2D eigenvalue weighted by molar-refractivity contribution is -0.904. The zero-order valence-electron chi connectivity index (χ0n) is 28.8. The maximum absolute atomic E-state index is 15.3. The van der Waals surface area contributed by atoms with Gasteiger partial charge in [0.25, 0.3) is 0 Å². The number of amides is 1. The lowest BCUT2D eigenvalue weighted by Crippen LogP contribution is -2.53. The van der Waals surface area contributed by atoms with Gasteiger partial charge in [0.15, 0.2) is 11.5 Å². The summed E-state index contributed by atoms with van der Waals surface area (Å²) in [4.78, 5) is 30.3. The van der Waals surface area contributed by atoms with Crippen LogP contribution >= 0.6 is 34.5 Å². The average Bonchev–Trinajstić information content (AvgIpc) is 3.87. The molecule has 1 N–H and O–H groups in total. The number of fused-ring (bicyclic) bond motifs is 3. The quantitative estimate of drug-likeness (QED) is 0.106. The van der Waals surface area contributed by atoms with E-state index >= 15 is 4.39 Å². The predicted octanol–water partition coefficient (Wildman–Crippen LogP) is 7.08. The SMILES string of the molecule is O=C([O-])c1sc(CN(C(=O)O[C@H]2CN3CCC2CC3)c2ccccc2F)cc1[C@@H](Cc1c(Cl)c[n+](O)cc1Cl)c1ccc(OC(F)F)c(OCC2CC2)c1. The van der Waals surface area contributed by atoms with E-state index in [-0.39, 0.29) is 75.2 Å². The van der Waals surface area contributed by atoms with Gasteiger partial charge in [-0.1, -0.05) is 41.4 Å². The first-order valence-corrected chi connectivity index (χ1v) is 19.1. The molecule has 1 amide bonds. The second kappa shape index (κ2) is 16.2. The molecule has 2 aromatic carbocycles. The van der Waals surface area contributed by atoms with Gasteiger partial charge in [-0.2, -0.15) is 8.78 Å². The van der Waals surface area contributed by atoms with Crippen molar-refractivity contribution in [2.24, 2.45) is 11.8 Å². The van der Waals surface area contributed by atoms with Gasteiger partial charge in [-0.05, 0) is 98.5 Å². The highest BCUT2D eigenvalue weighted by molar-refractivity contribution is 7.14. The fourth-order valence-electron chi connectivity index (χ4n) is 7.15. The average molecular weight is 807 g/mol. The topological polar surface area (TPSA) is 115 Å². The summed E-state index contributed by atoms with van der Waals surface area (Å²) in [7, 11) is 0. The summed E-state index contributed by atoms with van der Waals surface area (Å²) in [5.41, 5.74) is 0.984. The smallest absolute Gasteiger partial charge is 0.415 e. The Balaban J connectivity index is 1.28. The molecule has 0 spiro atoms. The minimum absolute atomic E-state index is 0.0231. The van der Waals surface area contributed by atoms with Crippen LogP contribution in [0.4, 0.5) is 23.7 Å². The Kier molecular flexibility index (Phi) is 11.4. The molecule has 54 heavy (non-hydrogen) atoms. The van der Waals surface area contributed by atoms with Crippen LogP contribution in [0.1, 0.15) is 62.8 Å². The third-order valence-electron chi connectivity index (χ3n) is 10.1. The molecule has 4 aromatic rings. The molecule has 0 radical (unpaired) electrons. The van der Waals surface area contributed by atoms with Gasteiger partial charge in [0.1, 0.15) is 22.0 Å². The third kappa shape index (κ3) is 8.67. The maximum atomic E-state index is 15.3. The van der Waals surface area contributed by atoms with Crippen LogP contribution in [0, 0.1) is 17.7 Å². The Labute approximate surface area is 323 Å². The van der Waals surface area contributed by atoms with E-state index in [4.69, 9.17) is 37.4 Å². The molecule has 3 saturated heterocycles. The van der Waals surface area contributed by atoms with Gasteiger partial charge < -0.3 is 24.1 Å². The van der Waals surface area contributed by atoms with Gasteiger partial charge in [0, 0.05) is 27.6 Å². The minimum Gasteiger partial charge on any atom is -0.544 e. The van der Waals surface area contributed by atoms with Crippen LogP contribution in [-0.2, 0) is 17.7 Å². The molecule has 2 bridgehead atoms. The number of nitrogens with zero attached hydrogens (tertiary/aromatic N) is 3. The first-order chi connectivity index (χ1) is 25.9. The molecule has 2 atom stereocenters. The lowest BCUT2D eigenvalue weighted by atomic mass is 9.85. The molecule has 4 aliphatic rings. The highest BCUT2D eigenvalue weighted by Gasteiger charge is 2.38. The van der Waals surface area contributed by atoms with Crippen LogP contribution in [-0.4, -0.2) is 61.1 Å². The lowest BCUT2D eigenvalue weighted by Gasteiger charge is -2.44. The largest absolute Gasteiger partial charge is 0.544 e. The first kappa shape index (κ1) is 38.1. The van der Waals surface area contributed by atoms with E-state index in [2.05, 4.69) is 4.90 Å². The fourth-order valence-corrected chi connectivity index (χ4v) is 8.80. The summed E-state index contributed by atoms with van der Waals surface area (Å²) in [6.07, 6.45) is 4.92. The molecule has 8 rings (SSSR count). The van der Waals surface area contributed by atoms with Crippen molar-refractivity contribution in [3.05, 3.63) is 103 Å². The number of carbonyl (C=O) groups is 2. The number of pyridine rings is 1. The van der Waals surface area contributed by atoms with Crippen molar-refractivity contribution in [1.82, 2.24) is 4.90 Å². The van der Waals surface area contributed by atoms with Crippen LogP contribution < -0.4 is 24.2 Å². The molecular weight excluding hydrogens is 770 g/mol. The van der Waals surface area contributed by atoms with Crippen molar-refractivity contribution in [1.29, 1.82) is 0 Å². The number of para-hydroxylation sites is 1. The molecule has 2 aromatic heterocycles. The minimum atomic E-state index is -3.12. The molecule has 286 valence electrons. The normalized spacial score (nSPS) is 19.8. The van der Waals surface area contributed by atoms with Gasteiger partial charge in [-0.25, -0.2) is 9.18 Å². The predicted molar refractivity (Wildman–Crippen MR) is 191 cm³/mol. The number of thiophene rings is 1. The summed E-state index contributed by atoms with van der Waals surface area (Å²) in [6.45, 7) is -0.662. The summed E-state index contributed by atoms with van der Waals surface area (Å²) in [5.74, 6) is -2.75. The third-order valence-corrected chi connectivity index (χ3v) is 11.9. The maximum Gasteiger partial charge on any atom is 0.415 e. The zero-order chi connectivity index (χ0) is 38.1. The molecule has 1 aliphatic carbocycles. The van der Waals surface area contributed by atoms with Crippen molar-refractivity contribution in [3.63, 3.8) is 0 Å². The van der Waals surface area contributed by atoms with E-state index in [1.54, 1.807) is 12.1 Å². The van der Waals surface area contributed by atoms with Gasteiger partial charge >= 0.3 is 12.7 Å². The Bertz CT molecular complexity index is 2000. The molecule has 16 heteroatoms. The van der Waals surface area contributed by atoms with Crippen LogP contribution in [0.15, 0.2) is 60.9 Å². The van der Waals surface area contributed by atoms with Crippen molar-refractivity contribution in [3.8, 4) is 11.5 Å². The second-order valence-electron chi connectivity index (χ2n) is 13.8. The number of ether oxygens (including phenoxy) is 3. The Hall–Kier alpha value is -4.24. The number of rotatable bonds is 14. The standard InChI is InChI=1S/C38H36Cl2F3N3O7S/c39-28-17-45(50)18-29(40)27(28)15-25(23-7-8-32(52-37(42)43)33(13-23)51-20-21-5-6-21)26-14-24(54-35(26)36(47)48)16-46(31-4-2-1-3-30(31)41)38(49)53-34-19-44-11-9-22(34)10-12-44/h1-4,7-8,13-14,17-18,21-22,25,34,37H,5-6,9-12,15-16,19-20H2,(H-,47,48,50)/t25-,34-/m0/s1. The number of anilines is 1. The monoisotopic (exact) mass is 805 g/mol. The number of piperidine rings is 3. The molecule has 1 saturated carbocycles. The van der Waals surface area contributed by atoms with Gasteiger partial charge in [-0.15, -0.1) is 11.3 Å². The molecule has 4 fully saturated rings. The van der Waals surface area contributed by atoms with Gasteiger partial charge in [-0.3, -0.25) is 15.0 Å². The fraction of sp³-hybridized carbons (Fsp3) is 0.395. The van der Waals surface area contributed by atoms with Crippen LogP contribution in [0.5, 0.6) is 11.5 Å². The molecule has 5 heterocycles. The highest BCUT2D eigenvalue weighted by Crippen LogP contribution is 2.42. The van der Waals surface area contributed by atoms with Crippen molar-refractivity contribution in [2.75, 3.05) is 31.1 Å². The number of aromatic nitrogens is 1. The summed E-state index contributed by atoms with van der Waals surface area (Å²) >= 11 is 13.9. The van der Waals surface area contributed by atoms with E-state index < -0.39 is 30.4 Å². The van der Waals surface area contributed by atoms with E-state index in [1.807, 2.05) is 0 Å². The number of hydrogen-bond donors (Lipinski definition) is 1. The number of aromatic carboxylic acids is 1. The number of alkyl halides is 2. The van der Waals surface area contributed by atoms with E-state index in [9.17, 15) is 28.7 Å². The summed E-state index contributed by atoms with van der Waals surface area (Å²) < 4.78 is 59.5. The van der Waals surface area contributed by atoms with E-state index in [1.165, 1.54) is 48.8 Å². The number of carboxylic acids is 1. The number of benzene rings is 2. The number of carbonyl (C=O) groups excluding carboxylic acids is 2. The van der Waals surface area contributed by atoms with Crippen LogP contribution in [0.25, 0.3) is 0 Å². The summed E-state index contributed by atoms with van der Waals surface area (Å²) in [5, 5.41) is 23.0. The summed E-state index contributed by atoms with van der Waals surface area (Å²) in [6, 6.07) is 11.7. The first-order valence-electron chi connectivity index (χ1n) is 17.5. The van der Waals surface area contributed by atoms with Gasteiger partial charge in [0.2, 0.25) is 12.4 Å². The molecule has 10 nitrogen and oxygen atoms in total. The zero-order valence-corrected chi connectivity index (χ0v) is 31.1. The number of halogens is 5. The van der Waals surface area contributed by atoms with E-state index in [0.29, 0.717) is 27.3 Å². The van der Waals surface area contributed by atoms with Crippen molar-refractivity contribution >= 4 is 52.3 Å². The number of hydrogen-bond acceptors (Lipinski definition) is 9. The van der Waals surface area contributed by atoms with Crippen LogP contribution in [0.3, 0.4) is 0 Å². The number of carboxylic acid groups (broad SMARTS) is 1. The second-order valence-corrected chi connectivity index (χ2v) is 15.7. The van der Waals surface area contributed by atoms with Gasteiger partial charge in [0.05, 0.1) is 29.7 Å². The van der Waals surface area contributed by atoms with E-state index in [0.717, 1.165) is 55.0 Å². The van der Waals surface area contributed by atoms with Crippen molar-refractivity contribution < 1.29 is 52.0 Å². The Morgan fingerprint density at radius 2 is 1.76 bits per heavy atom. The molecular formula is C38H36Cl2F3N3O7S.